The number of aromatic nitrogens is 5. The number of benzene rings is 1. The van der Waals surface area contributed by atoms with Crippen LogP contribution in [0.4, 0.5) is 5.69 Å². The van der Waals surface area contributed by atoms with E-state index in [4.69, 9.17) is 5.84 Å². The van der Waals surface area contributed by atoms with Crippen LogP contribution in [0.15, 0.2) is 35.5 Å². The Morgan fingerprint density at radius 1 is 1.35 bits per heavy atom. The summed E-state index contributed by atoms with van der Waals surface area (Å²) in [4.78, 5) is 10.2. The highest BCUT2D eigenvalue weighted by molar-refractivity contribution is 7.98. The summed E-state index contributed by atoms with van der Waals surface area (Å²) in [5, 5.41) is 26.2. The maximum Gasteiger partial charge on any atom is 0.269 e. The van der Waals surface area contributed by atoms with E-state index >= 15 is 0 Å². The molecular weight excluding hydrogens is 318 g/mol. The Kier molecular flexibility index (Phi) is 3.98. The van der Waals surface area contributed by atoms with Gasteiger partial charge in [-0.2, -0.15) is 5.10 Å². The summed E-state index contributed by atoms with van der Waals surface area (Å²) < 4.78 is 1.38. The van der Waals surface area contributed by atoms with Gasteiger partial charge in [0.1, 0.15) is 5.69 Å². The molecule has 0 aliphatic rings. The van der Waals surface area contributed by atoms with E-state index in [1.165, 1.54) is 28.6 Å². The van der Waals surface area contributed by atoms with Gasteiger partial charge in [0.25, 0.3) is 5.69 Å². The molecule has 10 heteroatoms. The van der Waals surface area contributed by atoms with Crippen molar-refractivity contribution in [3.05, 3.63) is 51.7 Å². The molecule has 9 nitrogen and oxygen atoms in total. The Morgan fingerprint density at radius 3 is 2.70 bits per heavy atom. The molecule has 3 rings (SSSR count). The van der Waals surface area contributed by atoms with E-state index in [0.29, 0.717) is 22.4 Å². The van der Waals surface area contributed by atoms with Gasteiger partial charge >= 0.3 is 0 Å². The van der Waals surface area contributed by atoms with Crippen molar-refractivity contribution in [2.24, 2.45) is 0 Å². The number of aromatic amines is 1. The van der Waals surface area contributed by atoms with Crippen molar-refractivity contribution in [2.75, 3.05) is 5.84 Å². The van der Waals surface area contributed by atoms with Crippen LogP contribution in [0.1, 0.15) is 11.3 Å². The second-order valence-electron chi connectivity index (χ2n) is 4.82. The summed E-state index contributed by atoms with van der Waals surface area (Å²) in [5.41, 5.74) is 2.53. The Bertz CT molecular complexity index is 840. The van der Waals surface area contributed by atoms with Crippen LogP contribution in [-0.2, 0) is 5.75 Å². The quantitative estimate of drug-likeness (QED) is 0.316. The van der Waals surface area contributed by atoms with Gasteiger partial charge < -0.3 is 5.84 Å². The van der Waals surface area contributed by atoms with Crippen molar-refractivity contribution in [1.29, 1.82) is 0 Å². The van der Waals surface area contributed by atoms with Crippen molar-refractivity contribution in [1.82, 2.24) is 25.1 Å². The van der Waals surface area contributed by atoms with Crippen LogP contribution in [0, 0.1) is 17.0 Å². The van der Waals surface area contributed by atoms with E-state index in [1.54, 1.807) is 12.1 Å². The van der Waals surface area contributed by atoms with Gasteiger partial charge in [0.15, 0.2) is 0 Å². The molecule has 0 aliphatic heterocycles. The molecule has 0 unspecified atom stereocenters. The van der Waals surface area contributed by atoms with Crippen LogP contribution in [-0.4, -0.2) is 30.0 Å². The maximum atomic E-state index is 10.6. The van der Waals surface area contributed by atoms with Crippen molar-refractivity contribution >= 4 is 17.4 Å². The number of nitrogens with one attached hydrogen (secondary N) is 1. The van der Waals surface area contributed by atoms with Crippen LogP contribution >= 0.6 is 11.8 Å². The molecule has 2 aromatic heterocycles. The molecule has 1 aromatic carbocycles. The third-order valence-electron chi connectivity index (χ3n) is 3.11. The molecule has 3 N–H and O–H groups in total. The van der Waals surface area contributed by atoms with Gasteiger partial charge in [-0.1, -0.05) is 23.9 Å². The van der Waals surface area contributed by atoms with Gasteiger partial charge in [-0.25, -0.2) is 4.68 Å². The van der Waals surface area contributed by atoms with Crippen LogP contribution in [0.2, 0.25) is 0 Å². The maximum absolute atomic E-state index is 10.6. The second-order valence-corrected chi connectivity index (χ2v) is 5.77. The summed E-state index contributed by atoms with van der Waals surface area (Å²) >= 11 is 1.39. The Morgan fingerprint density at radius 2 is 2.09 bits per heavy atom. The number of hydrogen-bond donors (Lipinski definition) is 2. The lowest BCUT2D eigenvalue weighted by Crippen LogP contribution is -2.11. The third-order valence-corrected chi connectivity index (χ3v) is 4.13. The summed E-state index contributed by atoms with van der Waals surface area (Å²) in [6, 6.07) is 8.20. The monoisotopic (exact) mass is 331 g/mol. The van der Waals surface area contributed by atoms with Crippen LogP contribution in [0.3, 0.4) is 0 Å². The molecule has 0 fully saturated rings. The minimum Gasteiger partial charge on any atom is -0.335 e. The van der Waals surface area contributed by atoms with Crippen molar-refractivity contribution in [3.8, 4) is 11.5 Å². The van der Waals surface area contributed by atoms with Crippen molar-refractivity contribution < 1.29 is 4.92 Å². The minimum absolute atomic E-state index is 0.0666. The lowest BCUT2D eigenvalue weighted by atomic mass is 10.2. The molecule has 23 heavy (non-hydrogen) atoms. The fourth-order valence-electron chi connectivity index (χ4n) is 1.94. The predicted octanol–water partition coefficient (Wildman–Crippen LogP) is 1.89. The molecule has 0 spiro atoms. The molecule has 0 bridgehead atoms. The average Bonchev–Trinajstić information content (AvgIpc) is 3.11. The van der Waals surface area contributed by atoms with Gasteiger partial charge in [0.05, 0.1) is 4.92 Å². The molecule has 3 aromatic rings. The number of aryl methyl sites for hydroxylation is 1. The van der Waals surface area contributed by atoms with Crippen molar-refractivity contribution in [2.45, 2.75) is 17.8 Å². The lowest BCUT2D eigenvalue weighted by Gasteiger charge is -2.02. The first-order valence-corrected chi connectivity index (χ1v) is 7.62. The molecule has 0 atom stereocenters. The molecule has 0 aliphatic carbocycles. The molecular formula is C13H13N7O2S. The van der Waals surface area contributed by atoms with E-state index < -0.39 is 4.92 Å². The smallest absolute Gasteiger partial charge is 0.269 e. The number of non-ortho nitro benzene ring substituents is 1. The van der Waals surface area contributed by atoms with E-state index in [9.17, 15) is 10.1 Å². The number of hydrogen-bond acceptors (Lipinski definition) is 7. The lowest BCUT2D eigenvalue weighted by molar-refractivity contribution is -0.384. The highest BCUT2D eigenvalue weighted by atomic mass is 32.2. The fourth-order valence-corrected chi connectivity index (χ4v) is 2.76. The molecule has 0 saturated heterocycles. The normalized spacial score (nSPS) is 10.8. The summed E-state index contributed by atoms with van der Waals surface area (Å²) in [6.07, 6.45) is 0. The van der Waals surface area contributed by atoms with E-state index in [2.05, 4.69) is 20.4 Å². The number of rotatable bonds is 5. The standard InChI is InChI=1S/C13H13N7O2S/c1-8-6-11(16-15-8)12-17-18-13(19(12)14)23-7-9-2-4-10(5-3-9)20(21)22/h2-6H,7,14H2,1H3,(H,15,16). The van der Waals surface area contributed by atoms with Crippen LogP contribution in [0.25, 0.3) is 11.5 Å². The largest absolute Gasteiger partial charge is 0.335 e. The summed E-state index contributed by atoms with van der Waals surface area (Å²) in [6.45, 7) is 1.89. The number of nitrogens with zero attached hydrogens (tertiary/aromatic N) is 5. The molecule has 0 radical (unpaired) electrons. The van der Waals surface area contributed by atoms with E-state index in [0.717, 1.165) is 11.3 Å². The van der Waals surface area contributed by atoms with Crippen molar-refractivity contribution in [3.63, 3.8) is 0 Å². The first-order chi connectivity index (χ1) is 11.0. The number of nitro groups is 1. The second kappa shape index (κ2) is 6.08. The first kappa shape index (κ1) is 15.0. The molecule has 2 heterocycles. The number of nitrogens with two attached hydrogens (primary N) is 1. The van der Waals surface area contributed by atoms with E-state index in [-0.39, 0.29) is 5.69 Å². The Hall–Kier alpha value is -2.88. The zero-order valence-electron chi connectivity index (χ0n) is 12.1. The SMILES string of the molecule is Cc1cc(-c2nnc(SCc3ccc([N+](=O)[O-])cc3)n2N)n[nH]1. The third kappa shape index (κ3) is 3.16. The highest BCUT2D eigenvalue weighted by Gasteiger charge is 2.14. The zero-order valence-corrected chi connectivity index (χ0v) is 12.9. The zero-order chi connectivity index (χ0) is 16.4. The highest BCUT2D eigenvalue weighted by Crippen LogP contribution is 2.24. The number of H-pyrrole nitrogens is 1. The van der Waals surface area contributed by atoms with Crippen LogP contribution < -0.4 is 5.84 Å². The van der Waals surface area contributed by atoms with Gasteiger partial charge in [-0.05, 0) is 18.6 Å². The predicted molar refractivity (Wildman–Crippen MR) is 85.1 cm³/mol. The van der Waals surface area contributed by atoms with E-state index in [1.807, 2.05) is 13.0 Å². The van der Waals surface area contributed by atoms with Gasteiger partial charge in [-0.3, -0.25) is 15.2 Å². The average molecular weight is 331 g/mol. The fraction of sp³-hybridized carbons (Fsp3) is 0.154. The Labute approximate surface area is 135 Å². The summed E-state index contributed by atoms with van der Waals surface area (Å²) in [5.74, 6) is 7.05. The molecule has 118 valence electrons. The topological polar surface area (TPSA) is 129 Å². The van der Waals surface area contributed by atoms with Crippen LogP contribution in [0.5, 0.6) is 0 Å². The van der Waals surface area contributed by atoms with Gasteiger partial charge in [0.2, 0.25) is 11.0 Å². The Balaban J connectivity index is 1.71. The number of nitrogen functional groups attached to an aromatic ring is 1. The number of nitro benzene ring substituents is 1. The summed E-state index contributed by atoms with van der Waals surface area (Å²) in [7, 11) is 0. The van der Waals surface area contributed by atoms with Gasteiger partial charge in [0, 0.05) is 23.6 Å². The molecule has 0 saturated carbocycles. The number of thioether (sulfide) groups is 1. The first-order valence-electron chi connectivity index (χ1n) is 6.63. The minimum atomic E-state index is -0.425. The van der Waals surface area contributed by atoms with Gasteiger partial charge in [-0.15, -0.1) is 10.2 Å². The molecule has 0 amide bonds.